The zero-order chi connectivity index (χ0) is 13.9. The summed E-state index contributed by atoms with van der Waals surface area (Å²) in [4.78, 5) is 0. The van der Waals surface area contributed by atoms with Gasteiger partial charge in [0.1, 0.15) is 11.9 Å². The number of hydrogen-bond acceptors (Lipinski definition) is 2. The topological polar surface area (TPSA) is 33.0 Å². The van der Waals surface area contributed by atoms with Crippen molar-refractivity contribution in [3.8, 4) is 11.8 Å². The SMILES string of the molecule is CC1CCc2ccccc2[C@@H]1Oc1ccc(C#N)cc1. The van der Waals surface area contributed by atoms with Gasteiger partial charge < -0.3 is 4.74 Å². The van der Waals surface area contributed by atoms with Crippen molar-refractivity contribution in [3.05, 3.63) is 65.2 Å². The van der Waals surface area contributed by atoms with Gasteiger partial charge in [-0.3, -0.25) is 0 Å². The second-order valence-electron chi connectivity index (χ2n) is 5.39. The van der Waals surface area contributed by atoms with Crippen LogP contribution in [0.5, 0.6) is 5.75 Å². The predicted octanol–water partition coefficient (Wildman–Crippen LogP) is 4.26. The lowest BCUT2D eigenvalue weighted by molar-refractivity contribution is 0.129. The van der Waals surface area contributed by atoms with Gasteiger partial charge in [-0.15, -0.1) is 0 Å². The minimum Gasteiger partial charge on any atom is -0.485 e. The molecule has 0 aliphatic heterocycles. The lowest BCUT2D eigenvalue weighted by Crippen LogP contribution is -2.23. The molecule has 1 aliphatic rings. The second kappa shape index (κ2) is 5.38. The molecule has 0 bridgehead atoms. The third-order valence-corrected chi connectivity index (χ3v) is 3.99. The average Bonchev–Trinajstić information content (AvgIpc) is 2.51. The molecule has 1 aliphatic carbocycles. The summed E-state index contributed by atoms with van der Waals surface area (Å²) in [5, 5.41) is 8.83. The first-order chi connectivity index (χ1) is 9.78. The third-order valence-electron chi connectivity index (χ3n) is 3.99. The van der Waals surface area contributed by atoms with Gasteiger partial charge in [-0.05, 0) is 54.2 Å². The lowest BCUT2D eigenvalue weighted by Gasteiger charge is -2.31. The van der Waals surface area contributed by atoms with Crippen molar-refractivity contribution in [3.63, 3.8) is 0 Å². The highest BCUT2D eigenvalue weighted by Gasteiger charge is 2.27. The van der Waals surface area contributed by atoms with Crippen LogP contribution in [0.3, 0.4) is 0 Å². The second-order valence-corrected chi connectivity index (χ2v) is 5.39. The highest BCUT2D eigenvalue weighted by atomic mass is 16.5. The van der Waals surface area contributed by atoms with Crippen LogP contribution in [0.1, 0.15) is 36.1 Å². The quantitative estimate of drug-likeness (QED) is 0.811. The minimum absolute atomic E-state index is 0.105. The fraction of sp³-hybridized carbons (Fsp3) is 0.278. The molecule has 100 valence electrons. The zero-order valence-electron chi connectivity index (χ0n) is 11.5. The van der Waals surface area contributed by atoms with Crippen LogP contribution in [0.15, 0.2) is 48.5 Å². The van der Waals surface area contributed by atoms with Crippen LogP contribution in [0, 0.1) is 17.2 Å². The fourth-order valence-corrected chi connectivity index (χ4v) is 2.81. The van der Waals surface area contributed by atoms with Crippen molar-refractivity contribution in [2.24, 2.45) is 5.92 Å². The standard InChI is InChI=1S/C18H17NO/c1-13-6-9-15-4-2-3-5-17(15)18(13)20-16-10-7-14(12-19)8-11-16/h2-5,7-8,10-11,13,18H,6,9H2,1H3/t13?,18-/m1/s1. The van der Waals surface area contributed by atoms with E-state index < -0.39 is 0 Å². The molecule has 0 heterocycles. The van der Waals surface area contributed by atoms with E-state index in [0.29, 0.717) is 11.5 Å². The molecule has 2 atom stereocenters. The summed E-state index contributed by atoms with van der Waals surface area (Å²) >= 11 is 0. The number of nitrogens with zero attached hydrogens (tertiary/aromatic N) is 1. The smallest absolute Gasteiger partial charge is 0.127 e. The Bertz CT molecular complexity index is 639. The van der Waals surface area contributed by atoms with E-state index in [2.05, 4.69) is 37.3 Å². The van der Waals surface area contributed by atoms with Gasteiger partial charge in [-0.1, -0.05) is 31.2 Å². The molecule has 1 unspecified atom stereocenters. The summed E-state index contributed by atoms with van der Waals surface area (Å²) in [7, 11) is 0. The molecule has 2 heteroatoms. The summed E-state index contributed by atoms with van der Waals surface area (Å²) in [6.45, 7) is 2.24. The summed E-state index contributed by atoms with van der Waals surface area (Å²) in [5.74, 6) is 1.33. The van der Waals surface area contributed by atoms with E-state index in [1.165, 1.54) is 11.1 Å². The first-order valence-corrected chi connectivity index (χ1v) is 7.02. The van der Waals surface area contributed by atoms with Crippen LogP contribution in [-0.2, 0) is 6.42 Å². The first kappa shape index (κ1) is 12.7. The molecule has 0 radical (unpaired) electrons. The van der Waals surface area contributed by atoms with E-state index in [4.69, 9.17) is 10.00 Å². The number of aryl methyl sites for hydroxylation is 1. The van der Waals surface area contributed by atoms with E-state index in [0.717, 1.165) is 18.6 Å². The summed E-state index contributed by atoms with van der Waals surface area (Å²) in [6.07, 6.45) is 2.38. The van der Waals surface area contributed by atoms with Crippen molar-refractivity contribution in [2.75, 3.05) is 0 Å². The Morgan fingerprint density at radius 2 is 1.85 bits per heavy atom. The molecule has 0 amide bonds. The Kier molecular flexibility index (Phi) is 3.43. The Labute approximate surface area is 119 Å². The maximum atomic E-state index is 8.83. The highest BCUT2D eigenvalue weighted by Crippen LogP contribution is 2.37. The van der Waals surface area contributed by atoms with Crippen LogP contribution in [0.25, 0.3) is 0 Å². The molecule has 2 aromatic rings. The summed E-state index contributed by atoms with van der Waals surface area (Å²) in [5.41, 5.74) is 3.36. The number of ether oxygens (including phenoxy) is 1. The Hall–Kier alpha value is -2.27. The van der Waals surface area contributed by atoms with Gasteiger partial charge in [-0.25, -0.2) is 0 Å². The number of benzene rings is 2. The molecule has 0 aromatic heterocycles. The van der Waals surface area contributed by atoms with E-state index in [1.807, 2.05) is 12.1 Å². The maximum absolute atomic E-state index is 8.83. The van der Waals surface area contributed by atoms with Crippen molar-refractivity contribution in [1.29, 1.82) is 5.26 Å². The highest BCUT2D eigenvalue weighted by molar-refractivity contribution is 5.36. The normalized spacial score (nSPS) is 20.8. The molecule has 2 aromatic carbocycles. The molecular formula is C18H17NO. The maximum Gasteiger partial charge on any atom is 0.127 e. The Morgan fingerprint density at radius 3 is 2.60 bits per heavy atom. The van der Waals surface area contributed by atoms with Crippen molar-refractivity contribution >= 4 is 0 Å². The molecule has 0 spiro atoms. The van der Waals surface area contributed by atoms with E-state index in [9.17, 15) is 0 Å². The van der Waals surface area contributed by atoms with Gasteiger partial charge in [0.25, 0.3) is 0 Å². The number of hydrogen-bond donors (Lipinski definition) is 0. The molecule has 0 saturated carbocycles. The van der Waals surface area contributed by atoms with Gasteiger partial charge in [0.05, 0.1) is 11.6 Å². The fourth-order valence-electron chi connectivity index (χ4n) is 2.81. The zero-order valence-corrected chi connectivity index (χ0v) is 11.5. The van der Waals surface area contributed by atoms with Crippen LogP contribution in [0.2, 0.25) is 0 Å². The monoisotopic (exact) mass is 263 g/mol. The largest absolute Gasteiger partial charge is 0.485 e. The number of nitriles is 1. The van der Waals surface area contributed by atoms with Crippen molar-refractivity contribution in [2.45, 2.75) is 25.9 Å². The van der Waals surface area contributed by atoms with Gasteiger partial charge in [-0.2, -0.15) is 5.26 Å². The van der Waals surface area contributed by atoms with E-state index >= 15 is 0 Å². The van der Waals surface area contributed by atoms with Gasteiger partial charge in [0, 0.05) is 0 Å². The average molecular weight is 263 g/mol. The van der Waals surface area contributed by atoms with Crippen LogP contribution < -0.4 is 4.74 Å². The number of fused-ring (bicyclic) bond motifs is 1. The molecule has 0 fully saturated rings. The van der Waals surface area contributed by atoms with Crippen molar-refractivity contribution in [1.82, 2.24) is 0 Å². The van der Waals surface area contributed by atoms with Crippen LogP contribution >= 0.6 is 0 Å². The predicted molar refractivity (Wildman–Crippen MR) is 78.5 cm³/mol. The van der Waals surface area contributed by atoms with Crippen LogP contribution in [0.4, 0.5) is 0 Å². The van der Waals surface area contributed by atoms with Gasteiger partial charge >= 0.3 is 0 Å². The Morgan fingerprint density at radius 1 is 1.10 bits per heavy atom. The van der Waals surface area contributed by atoms with Gasteiger partial charge in [0.2, 0.25) is 0 Å². The van der Waals surface area contributed by atoms with E-state index in [1.54, 1.807) is 12.1 Å². The Balaban J connectivity index is 1.87. The molecule has 20 heavy (non-hydrogen) atoms. The summed E-state index contributed by atoms with van der Waals surface area (Å²) < 4.78 is 6.18. The minimum atomic E-state index is 0.105. The molecule has 0 N–H and O–H groups in total. The first-order valence-electron chi connectivity index (χ1n) is 7.02. The third kappa shape index (κ3) is 2.40. The van der Waals surface area contributed by atoms with Gasteiger partial charge in [0.15, 0.2) is 0 Å². The van der Waals surface area contributed by atoms with E-state index in [-0.39, 0.29) is 6.10 Å². The lowest BCUT2D eigenvalue weighted by atomic mass is 9.82. The van der Waals surface area contributed by atoms with Crippen LogP contribution in [-0.4, -0.2) is 0 Å². The number of rotatable bonds is 2. The molecular weight excluding hydrogens is 246 g/mol. The molecule has 0 saturated heterocycles. The molecule has 2 nitrogen and oxygen atoms in total. The van der Waals surface area contributed by atoms with Crippen molar-refractivity contribution < 1.29 is 4.74 Å². The summed E-state index contributed by atoms with van der Waals surface area (Å²) in [6, 6.07) is 18.0. The molecule has 3 rings (SSSR count).